The highest BCUT2D eigenvalue weighted by Gasteiger charge is 1.97. The molecule has 0 heterocycles. The highest BCUT2D eigenvalue weighted by molar-refractivity contribution is 6.05. The second-order valence-corrected chi connectivity index (χ2v) is 2.15. The standard InChI is InChI=1S/C9H9N2.C2H6/c1-8(7-11-10)9-5-3-2-4-6-9;1-2/h2-7,10H,1H2;1-2H3/q+1;. The van der Waals surface area contributed by atoms with Crippen LogP contribution in [0.25, 0.3) is 5.57 Å². The van der Waals surface area contributed by atoms with E-state index in [0.717, 1.165) is 11.1 Å². The molecule has 0 bridgehead atoms. The molecular weight excluding hydrogens is 160 g/mol. The van der Waals surface area contributed by atoms with Gasteiger partial charge in [0.2, 0.25) is 0 Å². The maximum absolute atomic E-state index is 6.59. The van der Waals surface area contributed by atoms with E-state index in [4.69, 9.17) is 5.53 Å². The fraction of sp³-hybridized carbons (Fsp3) is 0.182. The van der Waals surface area contributed by atoms with Gasteiger partial charge in [0.15, 0.2) is 0 Å². The monoisotopic (exact) mass is 175 g/mol. The molecule has 1 aromatic rings. The second kappa shape index (κ2) is 7.01. The lowest BCUT2D eigenvalue weighted by Gasteiger charge is -1.91. The van der Waals surface area contributed by atoms with Crippen molar-refractivity contribution in [1.82, 2.24) is 0 Å². The number of allylic oxidation sites excluding steroid dienone is 1. The molecule has 0 fully saturated rings. The van der Waals surface area contributed by atoms with Crippen LogP contribution in [-0.4, -0.2) is 11.0 Å². The zero-order valence-corrected chi connectivity index (χ0v) is 8.12. The molecule has 0 aliphatic heterocycles. The predicted molar refractivity (Wildman–Crippen MR) is 55.9 cm³/mol. The van der Waals surface area contributed by atoms with Gasteiger partial charge in [-0.15, -0.1) is 0 Å². The van der Waals surface area contributed by atoms with Gasteiger partial charge >= 0.3 is 6.21 Å². The molecule has 0 aromatic heterocycles. The number of rotatable bonds is 2. The maximum atomic E-state index is 6.59. The van der Waals surface area contributed by atoms with Crippen LogP contribution in [0.5, 0.6) is 0 Å². The topological polar surface area (TPSA) is 38.0 Å². The van der Waals surface area contributed by atoms with E-state index in [9.17, 15) is 0 Å². The van der Waals surface area contributed by atoms with Crippen molar-refractivity contribution in [2.75, 3.05) is 0 Å². The third kappa shape index (κ3) is 4.04. The average molecular weight is 175 g/mol. The van der Waals surface area contributed by atoms with Crippen LogP contribution in [0.4, 0.5) is 0 Å². The Morgan fingerprint density at radius 1 is 1.31 bits per heavy atom. The van der Waals surface area contributed by atoms with E-state index in [1.807, 2.05) is 44.2 Å². The Hall–Kier alpha value is -1.66. The minimum atomic E-state index is 0.764. The molecule has 0 amide bonds. The van der Waals surface area contributed by atoms with Crippen molar-refractivity contribution in [2.45, 2.75) is 13.8 Å². The molecule has 1 N–H and O–H groups in total. The van der Waals surface area contributed by atoms with Crippen LogP contribution in [0.1, 0.15) is 19.4 Å². The lowest BCUT2D eigenvalue weighted by molar-refractivity contribution is -0.110. The Bertz CT molecular complexity index is 295. The zero-order chi connectivity index (χ0) is 10.1. The van der Waals surface area contributed by atoms with Crippen LogP contribution < -0.4 is 0 Å². The first-order chi connectivity index (χ1) is 6.34. The molecule has 0 unspecified atom stereocenters. The predicted octanol–water partition coefficient (Wildman–Crippen LogP) is 3.04. The number of benzene rings is 1. The zero-order valence-electron chi connectivity index (χ0n) is 8.12. The molecular formula is C11H15N2+. The lowest BCUT2D eigenvalue weighted by atomic mass is 10.1. The van der Waals surface area contributed by atoms with Crippen molar-refractivity contribution in [3.8, 4) is 0 Å². The van der Waals surface area contributed by atoms with Gasteiger partial charge in [0.25, 0.3) is 0 Å². The number of nitrogens with zero attached hydrogens (tertiary/aromatic N) is 1. The normalized spacial score (nSPS) is 7.54. The summed E-state index contributed by atoms with van der Waals surface area (Å²) in [5.41, 5.74) is 8.36. The van der Waals surface area contributed by atoms with Crippen molar-refractivity contribution in [2.24, 2.45) is 0 Å². The van der Waals surface area contributed by atoms with Gasteiger partial charge < -0.3 is 0 Å². The fourth-order valence-corrected chi connectivity index (χ4v) is 0.805. The van der Waals surface area contributed by atoms with E-state index in [2.05, 4.69) is 11.4 Å². The third-order valence-corrected chi connectivity index (χ3v) is 1.36. The highest BCUT2D eigenvalue weighted by Crippen LogP contribution is 2.07. The van der Waals surface area contributed by atoms with Crippen molar-refractivity contribution in [3.05, 3.63) is 42.5 Å². The van der Waals surface area contributed by atoms with Crippen LogP contribution in [-0.2, 0) is 0 Å². The van der Waals surface area contributed by atoms with Gasteiger partial charge in [-0.1, -0.05) is 50.8 Å². The highest BCUT2D eigenvalue weighted by atomic mass is 14.8. The van der Waals surface area contributed by atoms with E-state index in [0.29, 0.717) is 0 Å². The molecule has 68 valence electrons. The summed E-state index contributed by atoms with van der Waals surface area (Å²) in [6.45, 7) is 7.75. The smallest absolute Gasteiger partial charge is 0.0838 e. The summed E-state index contributed by atoms with van der Waals surface area (Å²) < 4.78 is 0. The van der Waals surface area contributed by atoms with Crippen molar-refractivity contribution in [1.29, 1.82) is 5.53 Å². The minimum absolute atomic E-state index is 0.764. The molecule has 13 heavy (non-hydrogen) atoms. The Morgan fingerprint density at radius 3 is 2.31 bits per heavy atom. The summed E-state index contributed by atoms with van der Waals surface area (Å²) in [7, 11) is 0. The Kier molecular flexibility index (Phi) is 6.12. The van der Waals surface area contributed by atoms with Gasteiger partial charge in [-0.05, 0) is 5.56 Å². The Labute approximate surface area is 79.2 Å². The van der Waals surface area contributed by atoms with Crippen molar-refractivity contribution < 1.29 is 4.79 Å². The largest absolute Gasteiger partial charge is 0.337 e. The van der Waals surface area contributed by atoms with Crippen LogP contribution in [0, 0.1) is 5.53 Å². The van der Waals surface area contributed by atoms with Gasteiger partial charge in [0.1, 0.15) is 0 Å². The summed E-state index contributed by atoms with van der Waals surface area (Å²) in [6.07, 6.45) is 1.43. The first-order valence-corrected chi connectivity index (χ1v) is 4.28. The van der Waals surface area contributed by atoms with Crippen LogP contribution in [0.3, 0.4) is 0 Å². The van der Waals surface area contributed by atoms with Crippen LogP contribution in [0.2, 0.25) is 0 Å². The molecule has 0 saturated heterocycles. The van der Waals surface area contributed by atoms with Crippen molar-refractivity contribution >= 4 is 11.8 Å². The summed E-state index contributed by atoms with van der Waals surface area (Å²) in [4.78, 5) is 3.14. The molecule has 0 radical (unpaired) electrons. The number of nitrogens with one attached hydrogen (secondary N) is 1. The summed E-state index contributed by atoms with van der Waals surface area (Å²) in [6, 6.07) is 9.67. The second-order valence-electron chi connectivity index (χ2n) is 2.15. The van der Waals surface area contributed by atoms with Gasteiger partial charge in [-0.25, -0.2) is 0 Å². The molecule has 0 spiro atoms. The molecule has 0 saturated carbocycles. The molecule has 0 aliphatic carbocycles. The molecule has 2 heteroatoms. The molecule has 0 aliphatic rings. The van der Waals surface area contributed by atoms with E-state index in [1.165, 1.54) is 6.21 Å². The molecule has 1 aromatic carbocycles. The summed E-state index contributed by atoms with van der Waals surface area (Å²) in [5.74, 6) is 0. The van der Waals surface area contributed by atoms with Gasteiger partial charge in [-0.3, -0.25) is 0 Å². The van der Waals surface area contributed by atoms with Crippen molar-refractivity contribution in [3.63, 3.8) is 0 Å². The summed E-state index contributed by atoms with van der Waals surface area (Å²) >= 11 is 0. The van der Waals surface area contributed by atoms with Gasteiger partial charge in [0.05, 0.1) is 11.1 Å². The van der Waals surface area contributed by atoms with Gasteiger partial charge in [-0.2, -0.15) is 0 Å². The number of hydrogen-bond donors (Lipinski definition) is 1. The third-order valence-electron chi connectivity index (χ3n) is 1.36. The van der Waals surface area contributed by atoms with E-state index < -0.39 is 0 Å². The minimum Gasteiger partial charge on any atom is -0.0838 e. The summed E-state index contributed by atoms with van der Waals surface area (Å²) in [5, 5.41) is 0. The Balaban J connectivity index is 0.000000671. The number of hydrogen-bond acceptors (Lipinski definition) is 1. The Morgan fingerprint density at radius 2 is 1.85 bits per heavy atom. The van der Waals surface area contributed by atoms with Crippen LogP contribution in [0.15, 0.2) is 36.9 Å². The van der Waals surface area contributed by atoms with Crippen LogP contribution >= 0.6 is 0 Å². The molecule has 1 rings (SSSR count). The average Bonchev–Trinajstić information content (AvgIpc) is 2.23. The first kappa shape index (κ1) is 11.3. The molecule has 2 nitrogen and oxygen atoms in total. The fourth-order valence-electron chi connectivity index (χ4n) is 0.805. The molecule has 0 atom stereocenters. The van der Waals surface area contributed by atoms with E-state index in [-0.39, 0.29) is 0 Å². The quantitative estimate of drug-likeness (QED) is 0.407. The van der Waals surface area contributed by atoms with E-state index >= 15 is 0 Å². The first-order valence-electron chi connectivity index (χ1n) is 4.28. The van der Waals surface area contributed by atoms with E-state index in [1.54, 1.807) is 0 Å². The lowest BCUT2D eigenvalue weighted by Crippen LogP contribution is -1.82. The van der Waals surface area contributed by atoms with Gasteiger partial charge in [0, 0.05) is 4.79 Å². The maximum Gasteiger partial charge on any atom is 0.337 e. The SMILES string of the molecule is C=C(C=[N+]=N)c1ccccc1.CC.